The maximum Gasteiger partial charge on any atom is -0.0129 e. The molecule has 28 heavy (non-hydrogen) atoms. The van der Waals surface area contributed by atoms with Crippen LogP contribution >= 0.6 is 0 Å². The highest BCUT2D eigenvalue weighted by molar-refractivity contribution is 5.35. The van der Waals surface area contributed by atoms with Crippen molar-refractivity contribution in [2.45, 2.75) is 118 Å². The minimum Gasteiger partial charge on any atom is -0.0822 e. The highest BCUT2D eigenvalue weighted by atomic mass is 14.3. The van der Waals surface area contributed by atoms with Crippen LogP contribution in [-0.4, -0.2) is 0 Å². The average molecular weight is 385 g/mol. The van der Waals surface area contributed by atoms with E-state index in [1.54, 1.807) is 16.7 Å². The van der Waals surface area contributed by atoms with Crippen LogP contribution in [-0.2, 0) is 0 Å². The van der Waals surface area contributed by atoms with Gasteiger partial charge >= 0.3 is 0 Å². The maximum absolute atomic E-state index is 2.59. The molecule has 0 aromatic heterocycles. The predicted molar refractivity (Wildman–Crippen MR) is 127 cm³/mol. The molecule has 2 unspecified atom stereocenters. The fourth-order valence-corrected chi connectivity index (χ4v) is 5.71. The van der Waals surface area contributed by atoms with E-state index >= 15 is 0 Å². The van der Waals surface area contributed by atoms with Gasteiger partial charge in [-0.3, -0.25) is 0 Å². The molecule has 3 aliphatic carbocycles. The molecule has 0 N–H and O–H groups in total. The highest BCUT2D eigenvalue weighted by Crippen LogP contribution is 2.37. The summed E-state index contributed by atoms with van der Waals surface area (Å²) in [5.74, 6) is 3.62. The van der Waals surface area contributed by atoms with Crippen LogP contribution in [0.3, 0.4) is 0 Å². The van der Waals surface area contributed by atoms with Gasteiger partial charge in [0.1, 0.15) is 0 Å². The van der Waals surface area contributed by atoms with Gasteiger partial charge in [0.15, 0.2) is 0 Å². The third-order valence-electron chi connectivity index (χ3n) is 7.62. The molecule has 3 rings (SSSR count). The lowest BCUT2D eigenvalue weighted by Gasteiger charge is -2.29. The number of allylic oxidation sites excluding steroid dienone is 6. The van der Waals surface area contributed by atoms with Crippen LogP contribution in [0.5, 0.6) is 0 Å². The zero-order valence-electron chi connectivity index (χ0n) is 18.4. The number of hydrogen-bond acceptors (Lipinski definition) is 0. The molecule has 0 aliphatic heterocycles. The van der Waals surface area contributed by atoms with Crippen LogP contribution in [0.1, 0.15) is 118 Å². The van der Waals surface area contributed by atoms with Crippen molar-refractivity contribution in [3.8, 4) is 0 Å². The van der Waals surface area contributed by atoms with Gasteiger partial charge in [0.2, 0.25) is 0 Å². The molecule has 0 spiro atoms. The minimum atomic E-state index is 0. The third kappa shape index (κ3) is 6.93. The predicted octanol–water partition coefficient (Wildman–Crippen LogP) is 9.43. The summed E-state index contributed by atoms with van der Waals surface area (Å²) in [7, 11) is 0. The molecule has 2 fully saturated rings. The van der Waals surface area contributed by atoms with E-state index in [0.29, 0.717) is 0 Å². The molecule has 2 atom stereocenters. The first-order chi connectivity index (χ1) is 13.2. The van der Waals surface area contributed by atoms with Gasteiger partial charge in [0.05, 0.1) is 0 Å². The molecule has 0 bridgehead atoms. The van der Waals surface area contributed by atoms with E-state index in [1.807, 2.05) is 0 Å². The first kappa shape index (κ1) is 23.5. The SMILES string of the molecule is C.CCCC1CCC(CCC(CC)C2=CCC(CC(C)C=C3CCC3)=C2)CC1. The van der Waals surface area contributed by atoms with E-state index in [2.05, 4.69) is 39.0 Å². The Morgan fingerprint density at radius 3 is 2.29 bits per heavy atom. The molecule has 2 saturated carbocycles. The zero-order chi connectivity index (χ0) is 19.1. The Balaban J connectivity index is 0.00000280. The van der Waals surface area contributed by atoms with Crippen molar-refractivity contribution in [1.29, 1.82) is 0 Å². The molecule has 0 heterocycles. The molecule has 0 heteroatoms. The van der Waals surface area contributed by atoms with Gasteiger partial charge in [-0.15, -0.1) is 0 Å². The molecular formula is C28H48. The van der Waals surface area contributed by atoms with Crippen LogP contribution in [0, 0.1) is 23.7 Å². The Hall–Kier alpha value is -0.780. The fourth-order valence-electron chi connectivity index (χ4n) is 5.71. The number of hydrogen-bond donors (Lipinski definition) is 0. The van der Waals surface area contributed by atoms with Gasteiger partial charge in [0.25, 0.3) is 0 Å². The summed E-state index contributed by atoms with van der Waals surface area (Å²) in [5, 5.41) is 0. The molecular weight excluding hydrogens is 336 g/mol. The summed E-state index contributed by atoms with van der Waals surface area (Å²) >= 11 is 0. The third-order valence-corrected chi connectivity index (χ3v) is 7.62. The standard InChI is InChI=1S/C27H44.CH4/c1-4-7-22-10-12-23(13-11-22)14-16-26(5-2)27-17-15-25(20-27)19-21(3)18-24-8-6-9-24;/h17-18,20-23,26H,4-16,19H2,1-3H3;1H4. The van der Waals surface area contributed by atoms with E-state index in [0.717, 1.165) is 23.7 Å². The molecule has 0 nitrogen and oxygen atoms in total. The summed E-state index contributed by atoms with van der Waals surface area (Å²) in [6.45, 7) is 7.16. The Labute approximate surface area is 177 Å². The van der Waals surface area contributed by atoms with Crippen molar-refractivity contribution in [1.82, 2.24) is 0 Å². The lowest BCUT2D eigenvalue weighted by Crippen LogP contribution is -2.15. The average Bonchev–Trinajstić information content (AvgIpc) is 3.09. The van der Waals surface area contributed by atoms with Crippen molar-refractivity contribution in [2.75, 3.05) is 0 Å². The van der Waals surface area contributed by atoms with Gasteiger partial charge in [-0.2, -0.15) is 0 Å². The van der Waals surface area contributed by atoms with Gasteiger partial charge in [-0.1, -0.05) is 96.1 Å². The minimum absolute atomic E-state index is 0. The topological polar surface area (TPSA) is 0 Å². The summed E-state index contributed by atoms with van der Waals surface area (Å²) in [4.78, 5) is 0. The van der Waals surface area contributed by atoms with Crippen molar-refractivity contribution in [2.24, 2.45) is 23.7 Å². The Bertz CT molecular complexity index is 532. The fraction of sp³-hybridized carbons (Fsp3) is 0.786. The molecule has 0 amide bonds. The smallest absolute Gasteiger partial charge is 0.0129 e. The van der Waals surface area contributed by atoms with Crippen molar-refractivity contribution in [3.05, 3.63) is 34.9 Å². The van der Waals surface area contributed by atoms with E-state index < -0.39 is 0 Å². The van der Waals surface area contributed by atoms with Crippen molar-refractivity contribution < 1.29 is 0 Å². The number of rotatable bonds is 10. The molecule has 3 aliphatic rings. The first-order valence-electron chi connectivity index (χ1n) is 12.3. The van der Waals surface area contributed by atoms with Crippen molar-refractivity contribution >= 4 is 0 Å². The second-order valence-electron chi connectivity index (χ2n) is 9.93. The largest absolute Gasteiger partial charge is 0.0822 e. The zero-order valence-corrected chi connectivity index (χ0v) is 18.4. The van der Waals surface area contributed by atoms with Gasteiger partial charge in [-0.05, 0) is 80.6 Å². The van der Waals surface area contributed by atoms with Gasteiger partial charge in [-0.25, -0.2) is 0 Å². The normalized spacial score (nSPS) is 26.6. The van der Waals surface area contributed by atoms with Gasteiger partial charge < -0.3 is 0 Å². The Morgan fingerprint density at radius 2 is 1.71 bits per heavy atom. The summed E-state index contributed by atoms with van der Waals surface area (Å²) < 4.78 is 0. The Kier molecular flexibility index (Phi) is 10.1. The van der Waals surface area contributed by atoms with E-state index in [4.69, 9.17) is 0 Å². The second kappa shape index (κ2) is 12.0. The summed E-state index contributed by atoms with van der Waals surface area (Å²) in [5.41, 5.74) is 5.08. The quantitative estimate of drug-likeness (QED) is 0.329. The van der Waals surface area contributed by atoms with E-state index in [9.17, 15) is 0 Å². The second-order valence-corrected chi connectivity index (χ2v) is 9.93. The van der Waals surface area contributed by atoms with Gasteiger partial charge in [0, 0.05) is 0 Å². The van der Waals surface area contributed by atoms with Crippen LogP contribution in [0.25, 0.3) is 0 Å². The lowest BCUT2D eigenvalue weighted by molar-refractivity contribution is 0.242. The van der Waals surface area contributed by atoms with E-state index in [1.165, 1.54) is 89.9 Å². The van der Waals surface area contributed by atoms with Crippen LogP contribution in [0.2, 0.25) is 0 Å². The van der Waals surface area contributed by atoms with Crippen molar-refractivity contribution in [3.63, 3.8) is 0 Å². The first-order valence-corrected chi connectivity index (χ1v) is 12.3. The maximum atomic E-state index is 2.59. The molecule has 0 radical (unpaired) electrons. The van der Waals surface area contributed by atoms with Crippen LogP contribution < -0.4 is 0 Å². The molecule has 0 aromatic carbocycles. The summed E-state index contributed by atoms with van der Waals surface area (Å²) in [6.07, 6.45) is 27.5. The molecule has 0 aromatic rings. The Morgan fingerprint density at radius 1 is 1.04 bits per heavy atom. The summed E-state index contributed by atoms with van der Waals surface area (Å²) in [6, 6.07) is 0. The monoisotopic (exact) mass is 384 g/mol. The van der Waals surface area contributed by atoms with E-state index in [-0.39, 0.29) is 7.43 Å². The van der Waals surface area contributed by atoms with Crippen LogP contribution in [0.4, 0.5) is 0 Å². The highest BCUT2D eigenvalue weighted by Gasteiger charge is 2.23. The lowest BCUT2D eigenvalue weighted by atomic mass is 9.77. The van der Waals surface area contributed by atoms with Crippen LogP contribution in [0.15, 0.2) is 34.9 Å². The molecule has 0 saturated heterocycles. The molecule has 160 valence electrons.